The Balaban J connectivity index is 2.24. The molecule has 0 radical (unpaired) electrons. The van der Waals surface area contributed by atoms with Gasteiger partial charge in [-0.1, -0.05) is 27.5 Å². The second-order valence-electron chi connectivity index (χ2n) is 4.06. The topological polar surface area (TPSA) is 46.6 Å². The summed E-state index contributed by atoms with van der Waals surface area (Å²) < 4.78 is 5.45. The summed E-state index contributed by atoms with van der Waals surface area (Å²) >= 11 is 9.27. The Morgan fingerprint density at radius 3 is 2.83 bits per heavy atom. The predicted molar refractivity (Wildman–Crippen MR) is 71.6 cm³/mol. The number of carbonyl (C=O) groups excluding carboxylic acids is 2. The summed E-state index contributed by atoms with van der Waals surface area (Å²) in [5.74, 6) is -0.855. The highest BCUT2D eigenvalue weighted by atomic mass is 79.9. The molecule has 1 fully saturated rings. The first kappa shape index (κ1) is 13.4. The van der Waals surface area contributed by atoms with Crippen molar-refractivity contribution in [1.29, 1.82) is 0 Å². The van der Waals surface area contributed by atoms with Gasteiger partial charge in [0.2, 0.25) is 5.91 Å². The number of halogens is 2. The van der Waals surface area contributed by atoms with E-state index >= 15 is 0 Å². The van der Waals surface area contributed by atoms with E-state index < -0.39 is 5.92 Å². The van der Waals surface area contributed by atoms with Gasteiger partial charge in [-0.3, -0.25) is 9.59 Å². The van der Waals surface area contributed by atoms with Gasteiger partial charge in [-0.25, -0.2) is 0 Å². The zero-order valence-corrected chi connectivity index (χ0v) is 12.0. The van der Waals surface area contributed by atoms with Gasteiger partial charge in [-0.2, -0.15) is 0 Å². The van der Waals surface area contributed by atoms with Crippen LogP contribution in [0.2, 0.25) is 5.02 Å². The third kappa shape index (κ3) is 2.67. The highest BCUT2D eigenvalue weighted by molar-refractivity contribution is 9.10. The number of rotatable bonds is 2. The molecule has 96 valence electrons. The van der Waals surface area contributed by atoms with E-state index in [0.717, 1.165) is 4.47 Å². The quantitative estimate of drug-likeness (QED) is 0.782. The third-order valence-corrected chi connectivity index (χ3v) is 3.49. The third-order valence-electron chi connectivity index (χ3n) is 2.82. The highest BCUT2D eigenvalue weighted by Gasteiger charge is 2.35. The number of ether oxygens (including phenoxy) is 1. The number of anilines is 1. The Bertz CT molecular complexity index is 486. The van der Waals surface area contributed by atoms with E-state index in [1.54, 1.807) is 23.1 Å². The van der Waals surface area contributed by atoms with E-state index in [9.17, 15) is 9.59 Å². The molecule has 0 aliphatic carbocycles. The number of nitrogens with zero attached hydrogens (tertiary/aromatic N) is 1. The van der Waals surface area contributed by atoms with Crippen LogP contribution in [0.15, 0.2) is 22.7 Å². The van der Waals surface area contributed by atoms with Crippen molar-refractivity contribution in [3.8, 4) is 0 Å². The van der Waals surface area contributed by atoms with E-state index in [2.05, 4.69) is 20.7 Å². The molecule has 0 bridgehead atoms. The summed E-state index contributed by atoms with van der Waals surface area (Å²) in [5, 5.41) is 0.536. The maximum atomic E-state index is 11.9. The summed E-state index contributed by atoms with van der Waals surface area (Å²) in [6.07, 6.45) is 0.177. The number of hydrogen-bond acceptors (Lipinski definition) is 3. The monoisotopic (exact) mass is 331 g/mol. The van der Waals surface area contributed by atoms with E-state index in [-0.39, 0.29) is 18.3 Å². The molecule has 1 amide bonds. The zero-order valence-electron chi connectivity index (χ0n) is 9.65. The average molecular weight is 333 g/mol. The summed E-state index contributed by atoms with van der Waals surface area (Å²) in [5.41, 5.74) is 0.686. The first-order valence-corrected chi connectivity index (χ1v) is 6.52. The number of benzene rings is 1. The van der Waals surface area contributed by atoms with Crippen molar-refractivity contribution in [2.45, 2.75) is 6.42 Å². The average Bonchev–Trinajstić information content (AvgIpc) is 2.69. The molecule has 0 aromatic heterocycles. The van der Waals surface area contributed by atoms with Crippen LogP contribution in [0, 0.1) is 5.92 Å². The molecule has 1 aromatic rings. The van der Waals surface area contributed by atoms with E-state index in [4.69, 9.17) is 11.6 Å². The second-order valence-corrected chi connectivity index (χ2v) is 5.41. The van der Waals surface area contributed by atoms with Gasteiger partial charge in [0.05, 0.1) is 13.0 Å². The fraction of sp³-hybridized carbons (Fsp3) is 0.333. The minimum atomic E-state index is -0.403. The molecule has 0 N–H and O–H groups in total. The molecule has 1 aliphatic rings. The highest BCUT2D eigenvalue weighted by Crippen LogP contribution is 2.30. The molecular formula is C12H11BrClNO3. The predicted octanol–water partition coefficient (Wildman–Crippen LogP) is 2.63. The maximum absolute atomic E-state index is 11.9. The van der Waals surface area contributed by atoms with E-state index in [0.29, 0.717) is 17.3 Å². The van der Waals surface area contributed by atoms with Crippen molar-refractivity contribution in [3.63, 3.8) is 0 Å². The molecule has 18 heavy (non-hydrogen) atoms. The van der Waals surface area contributed by atoms with Crippen molar-refractivity contribution in [1.82, 2.24) is 0 Å². The Hall–Kier alpha value is -1.07. The Labute approximate surface area is 118 Å². The van der Waals surface area contributed by atoms with Gasteiger partial charge in [-0.15, -0.1) is 0 Å². The molecule has 1 atom stereocenters. The van der Waals surface area contributed by atoms with E-state index in [1.165, 1.54) is 7.11 Å². The minimum absolute atomic E-state index is 0.0976. The van der Waals surface area contributed by atoms with Gasteiger partial charge >= 0.3 is 5.97 Å². The van der Waals surface area contributed by atoms with Crippen LogP contribution in [0.4, 0.5) is 5.69 Å². The lowest BCUT2D eigenvalue weighted by Crippen LogP contribution is -2.26. The number of carbonyl (C=O) groups is 2. The van der Waals surface area contributed by atoms with Crippen molar-refractivity contribution in [2.24, 2.45) is 5.92 Å². The Kier molecular flexibility index (Phi) is 3.92. The molecule has 6 heteroatoms. The molecule has 4 nitrogen and oxygen atoms in total. The van der Waals surface area contributed by atoms with Crippen LogP contribution in [-0.2, 0) is 14.3 Å². The standard InChI is InChI=1S/C12H11BrClNO3/c1-18-12(17)7-2-11(16)15(6-7)10-4-8(13)3-9(14)5-10/h3-5,7H,2,6H2,1H3. The van der Waals surface area contributed by atoms with Gasteiger partial charge < -0.3 is 9.64 Å². The Morgan fingerprint density at radius 1 is 1.50 bits per heavy atom. The zero-order chi connectivity index (χ0) is 13.3. The number of esters is 1. The largest absolute Gasteiger partial charge is 0.469 e. The summed E-state index contributed by atoms with van der Waals surface area (Å²) in [6.45, 7) is 0.332. The van der Waals surface area contributed by atoms with Gasteiger partial charge in [0.15, 0.2) is 0 Å². The number of hydrogen-bond donors (Lipinski definition) is 0. The summed E-state index contributed by atoms with van der Waals surface area (Å²) in [4.78, 5) is 24.9. The van der Waals surface area contributed by atoms with E-state index in [1.807, 2.05) is 0 Å². The van der Waals surface area contributed by atoms with Gasteiger partial charge in [0.1, 0.15) is 0 Å². The van der Waals surface area contributed by atoms with Crippen LogP contribution in [0.1, 0.15) is 6.42 Å². The lowest BCUT2D eigenvalue weighted by Gasteiger charge is -2.17. The van der Waals surface area contributed by atoms with Crippen molar-refractivity contribution < 1.29 is 14.3 Å². The fourth-order valence-electron chi connectivity index (χ4n) is 1.98. The van der Waals surface area contributed by atoms with Crippen LogP contribution >= 0.6 is 27.5 Å². The molecule has 2 rings (SSSR count). The first-order chi connectivity index (χ1) is 8.51. The lowest BCUT2D eigenvalue weighted by molar-refractivity contribution is -0.145. The molecule has 1 unspecified atom stereocenters. The molecule has 1 saturated heterocycles. The normalized spacial score (nSPS) is 19.2. The fourth-order valence-corrected chi connectivity index (χ4v) is 2.82. The second kappa shape index (κ2) is 5.28. The number of methoxy groups -OCH3 is 1. The molecule has 1 heterocycles. The maximum Gasteiger partial charge on any atom is 0.311 e. The molecule has 1 aliphatic heterocycles. The van der Waals surface area contributed by atoms with Crippen molar-refractivity contribution in [3.05, 3.63) is 27.7 Å². The molecule has 1 aromatic carbocycles. The molecular weight excluding hydrogens is 321 g/mol. The molecule has 0 saturated carbocycles. The SMILES string of the molecule is COC(=O)C1CC(=O)N(c2cc(Cl)cc(Br)c2)C1. The van der Waals surface area contributed by atoms with Crippen LogP contribution in [0.5, 0.6) is 0 Å². The lowest BCUT2D eigenvalue weighted by atomic mass is 10.1. The van der Waals surface area contributed by atoms with Crippen LogP contribution in [0.3, 0.4) is 0 Å². The van der Waals surface area contributed by atoms with Crippen molar-refractivity contribution in [2.75, 3.05) is 18.6 Å². The minimum Gasteiger partial charge on any atom is -0.469 e. The smallest absolute Gasteiger partial charge is 0.311 e. The summed E-state index contributed by atoms with van der Waals surface area (Å²) in [6, 6.07) is 5.23. The van der Waals surface area contributed by atoms with Gasteiger partial charge in [-0.05, 0) is 18.2 Å². The van der Waals surface area contributed by atoms with Gasteiger partial charge in [0, 0.05) is 28.1 Å². The van der Waals surface area contributed by atoms with Crippen LogP contribution in [-0.4, -0.2) is 25.5 Å². The Morgan fingerprint density at radius 2 is 2.22 bits per heavy atom. The van der Waals surface area contributed by atoms with Crippen LogP contribution < -0.4 is 4.90 Å². The molecule has 0 spiro atoms. The van der Waals surface area contributed by atoms with Crippen molar-refractivity contribution >= 4 is 45.1 Å². The summed E-state index contributed by atoms with van der Waals surface area (Å²) in [7, 11) is 1.32. The first-order valence-electron chi connectivity index (χ1n) is 5.35. The number of amides is 1. The van der Waals surface area contributed by atoms with Crippen LogP contribution in [0.25, 0.3) is 0 Å². The van der Waals surface area contributed by atoms with Gasteiger partial charge in [0.25, 0.3) is 0 Å².